The number of benzene rings is 1. The molecule has 0 saturated carbocycles. The largest absolute Gasteiger partial charge is 0.376 e. The summed E-state index contributed by atoms with van der Waals surface area (Å²) in [6.45, 7) is 5.75. The number of nitrogens with one attached hydrogen (secondary N) is 1. The molecule has 0 aliphatic carbocycles. The Labute approximate surface area is 174 Å². The number of hydrogen-bond acceptors (Lipinski definition) is 5. The highest BCUT2D eigenvalue weighted by atomic mass is 16.5. The molecular weight excluding hydrogens is 382 g/mol. The Morgan fingerprint density at radius 3 is 2.83 bits per heavy atom. The van der Waals surface area contributed by atoms with Crippen LogP contribution < -0.4 is 11.0 Å². The normalized spacial score (nSPS) is 16.6. The molecule has 1 aromatic carbocycles. The monoisotopic (exact) mass is 407 g/mol. The first-order valence-electron chi connectivity index (χ1n) is 10.0. The molecule has 3 aromatic rings. The van der Waals surface area contributed by atoms with Crippen LogP contribution >= 0.6 is 0 Å². The molecule has 8 nitrogen and oxygen atoms in total. The lowest BCUT2D eigenvalue weighted by Gasteiger charge is -2.14. The molecule has 1 aliphatic rings. The second kappa shape index (κ2) is 8.23. The zero-order valence-electron chi connectivity index (χ0n) is 17.4. The van der Waals surface area contributed by atoms with Gasteiger partial charge in [0, 0.05) is 42.5 Å². The van der Waals surface area contributed by atoms with E-state index in [4.69, 9.17) is 4.74 Å². The summed E-state index contributed by atoms with van der Waals surface area (Å²) in [5.41, 5.74) is 5.59. The van der Waals surface area contributed by atoms with Gasteiger partial charge in [-0.05, 0) is 38.8 Å². The molecule has 3 heterocycles. The lowest BCUT2D eigenvalue weighted by Crippen LogP contribution is -2.27. The van der Waals surface area contributed by atoms with Crippen molar-refractivity contribution in [3.63, 3.8) is 0 Å². The van der Waals surface area contributed by atoms with E-state index in [0.29, 0.717) is 10.8 Å². The van der Waals surface area contributed by atoms with Crippen LogP contribution in [-0.4, -0.2) is 39.2 Å². The number of hydrogen-bond donors (Lipinski definition) is 1. The minimum atomic E-state index is -0.466. The van der Waals surface area contributed by atoms with Crippen molar-refractivity contribution in [1.29, 1.82) is 0 Å². The number of rotatable bonds is 5. The molecule has 0 bridgehead atoms. The Balaban J connectivity index is 1.53. The summed E-state index contributed by atoms with van der Waals surface area (Å²) in [5, 5.41) is 9.20. The maximum atomic E-state index is 12.7. The summed E-state index contributed by atoms with van der Waals surface area (Å²) in [4.78, 5) is 24.9. The maximum Gasteiger partial charge on any atom is 0.292 e. The van der Waals surface area contributed by atoms with E-state index in [2.05, 4.69) is 27.1 Å². The van der Waals surface area contributed by atoms with Gasteiger partial charge in [0.2, 0.25) is 0 Å². The van der Waals surface area contributed by atoms with E-state index in [-0.39, 0.29) is 17.4 Å². The summed E-state index contributed by atoms with van der Waals surface area (Å²) in [6.07, 6.45) is 4.08. The molecule has 156 valence electrons. The number of carbonyl (C=O) groups is 1. The lowest BCUT2D eigenvalue weighted by molar-refractivity contribution is 0.0949. The molecule has 4 rings (SSSR count). The standard InChI is InChI=1S/C22H25N5O3/c1-14-11-16(15(2)27(14)13-17-7-6-10-30-17)12-23-24-21(28)20-18-8-4-5-9-19(18)22(29)26(3)25-20/h4-5,8-9,11-12,17H,6-7,10,13H2,1-3H3,(H,24,28)/b23-12-/t17-/m0/s1. The molecule has 8 heteroatoms. The number of aromatic nitrogens is 3. The third kappa shape index (κ3) is 3.78. The van der Waals surface area contributed by atoms with Crippen LogP contribution in [0.1, 0.15) is 40.3 Å². The van der Waals surface area contributed by atoms with Crippen molar-refractivity contribution in [2.75, 3.05) is 6.61 Å². The van der Waals surface area contributed by atoms with Crippen molar-refractivity contribution >= 4 is 22.9 Å². The zero-order chi connectivity index (χ0) is 21.3. The van der Waals surface area contributed by atoms with Crippen LogP contribution in [0.2, 0.25) is 0 Å². The zero-order valence-corrected chi connectivity index (χ0v) is 17.4. The average molecular weight is 407 g/mol. The van der Waals surface area contributed by atoms with Crippen molar-refractivity contribution in [1.82, 2.24) is 19.8 Å². The fraction of sp³-hybridized carbons (Fsp3) is 0.364. The highest BCUT2D eigenvalue weighted by Crippen LogP contribution is 2.19. The van der Waals surface area contributed by atoms with Gasteiger partial charge in [0.1, 0.15) is 0 Å². The van der Waals surface area contributed by atoms with Crippen molar-refractivity contribution in [3.8, 4) is 0 Å². The van der Waals surface area contributed by atoms with Crippen LogP contribution in [0.3, 0.4) is 0 Å². The number of ether oxygens (including phenoxy) is 1. The van der Waals surface area contributed by atoms with Gasteiger partial charge in [-0.25, -0.2) is 10.1 Å². The van der Waals surface area contributed by atoms with E-state index in [9.17, 15) is 9.59 Å². The Kier molecular flexibility index (Phi) is 5.50. The fourth-order valence-corrected chi connectivity index (χ4v) is 3.91. The van der Waals surface area contributed by atoms with Gasteiger partial charge in [0.15, 0.2) is 5.69 Å². The molecule has 2 aromatic heterocycles. The highest BCUT2D eigenvalue weighted by molar-refractivity contribution is 6.05. The topological polar surface area (TPSA) is 90.5 Å². The molecule has 0 unspecified atom stereocenters. The molecule has 1 saturated heterocycles. The number of hydrazone groups is 1. The SMILES string of the molecule is Cc1cc(/C=N\NC(=O)c2nn(C)c(=O)c3ccccc23)c(C)n1C[C@@H]1CCCO1. The molecule has 30 heavy (non-hydrogen) atoms. The van der Waals surface area contributed by atoms with Crippen molar-refractivity contribution in [2.45, 2.75) is 39.3 Å². The Morgan fingerprint density at radius 2 is 2.10 bits per heavy atom. The Bertz CT molecular complexity index is 1190. The first-order chi connectivity index (χ1) is 14.5. The summed E-state index contributed by atoms with van der Waals surface area (Å²) in [5.74, 6) is -0.466. The first-order valence-corrected chi connectivity index (χ1v) is 10.0. The summed E-state index contributed by atoms with van der Waals surface area (Å²) < 4.78 is 9.14. The van der Waals surface area contributed by atoms with Crippen molar-refractivity contribution in [3.05, 3.63) is 63.3 Å². The van der Waals surface area contributed by atoms with Crippen LogP contribution in [0.5, 0.6) is 0 Å². The Hall–Kier alpha value is -3.26. The van der Waals surface area contributed by atoms with Crippen molar-refractivity contribution < 1.29 is 9.53 Å². The predicted octanol–water partition coefficient (Wildman–Crippen LogP) is 2.29. The molecule has 1 amide bonds. The van der Waals surface area contributed by atoms with Gasteiger partial charge >= 0.3 is 0 Å². The minimum Gasteiger partial charge on any atom is -0.376 e. The van der Waals surface area contributed by atoms with E-state index in [1.54, 1.807) is 30.5 Å². The molecular formula is C22H25N5O3. The van der Waals surface area contributed by atoms with Crippen LogP contribution in [0.25, 0.3) is 10.8 Å². The molecule has 1 N–H and O–H groups in total. The van der Waals surface area contributed by atoms with Crippen LogP contribution in [0.4, 0.5) is 0 Å². The number of amides is 1. The van der Waals surface area contributed by atoms with Gasteiger partial charge in [-0.1, -0.05) is 18.2 Å². The van der Waals surface area contributed by atoms with Gasteiger partial charge < -0.3 is 9.30 Å². The van der Waals surface area contributed by atoms with E-state index in [1.165, 1.54) is 11.7 Å². The lowest BCUT2D eigenvalue weighted by atomic mass is 10.1. The maximum absolute atomic E-state index is 12.7. The van der Waals surface area contributed by atoms with Gasteiger partial charge in [0.05, 0.1) is 17.7 Å². The summed E-state index contributed by atoms with van der Waals surface area (Å²) in [7, 11) is 1.53. The van der Waals surface area contributed by atoms with Gasteiger partial charge in [-0.15, -0.1) is 0 Å². The number of fused-ring (bicyclic) bond motifs is 1. The van der Waals surface area contributed by atoms with E-state index in [1.807, 2.05) is 13.0 Å². The second-order valence-corrected chi connectivity index (χ2v) is 7.59. The third-order valence-electron chi connectivity index (χ3n) is 5.56. The van der Waals surface area contributed by atoms with Crippen LogP contribution in [0, 0.1) is 13.8 Å². The number of nitrogens with zero attached hydrogens (tertiary/aromatic N) is 4. The van der Waals surface area contributed by atoms with Gasteiger partial charge in [-0.3, -0.25) is 9.59 Å². The first kappa shape index (κ1) is 20.0. The van der Waals surface area contributed by atoms with E-state index in [0.717, 1.165) is 42.9 Å². The van der Waals surface area contributed by atoms with Gasteiger partial charge in [0.25, 0.3) is 11.5 Å². The van der Waals surface area contributed by atoms with E-state index >= 15 is 0 Å². The second-order valence-electron chi connectivity index (χ2n) is 7.59. The summed E-state index contributed by atoms with van der Waals surface area (Å²) >= 11 is 0. The minimum absolute atomic E-state index is 0.161. The molecule has 1 aliphatic heterocycles. The number of aryl methyl sites for hydroxylation is 2. The van der Waals surface area contributed by atoms with Crippen LogP contribution in [-0.2, 0) is 18.3 Å². The predicted molar refractivity (Wildman–Crippen MR) is 115 cm³/mol. The molecule has 1 fully saturated rings. The van der Waals surface area contributed by atoms with E-state index < -0.39 is 5.91 Å². The molecule has 0 radical (unpaired) electrons. The van der Waals surface area contributed by atoms with Gasteiger partial charge in [-0.2, -0.15) is 10.2 Å². The summed E-state index contributed by atoms with van der Waals surface area (Å²) in [6, 6.07) is 8.96. The smallest absolute Gasteiger partial charge is 0.292 e. The number of carbonyl (C=O) groups excluding carboxylic acids is 1. The average Bonchev–Trinajstić information content (AvgIpc) is 3.35. The Morgan fingerprint density at radius 1 is 1.33 bits per heavy atom. The fourth-order valence-electron chi connectivity index (χ4n) is 3.91. The quantitative estimate of drug-likeness (QED) is 0.519. The molecule has 0 spiro atoms. The third-order valence-corrected chi connectivity index (χ3v) is 5.56. The van der Waals surface area contributed by atoms with Crippen molar-refractivity contribution in [2.24, 2.45) is 12.1 Å². The highest BCUT2D eigenvalue weighted by Gasteiger charge is 2.19. The van der Waals surface area contributed by atoms with Crippen LogP contribution in [0.15, 0.2) is 40.2 Å². The molecule has 1 atom stereocenters.